The molecule has 0 saturated carbocycles. The van der Waals surface area contributed by atoms with Gasteiger partial charge in [-0.3, -0.25) is 4.79 Å². The third-order valence-electron chi connectivity index (χ3n) is 5.02. The summed E-state index contributed by atoms with van der Waals surface area (Å²) in [6.45, 7) is 3.35. The number of thioether (sulfide) groups is 1. The largest absolute Gasteiger partial charge is 0.356 e. The molecule has 2 aliphatic heterocycles. The number of aromatic nitrogens is 2. The molecule has 2 aromatic rings. The summed E-state index contributed by atoms with van der Waals surface area (Å²) in [5.74, 6) is 1.32. The molecule has 0 radical (unpaired) electrons. The first kappa shape index (κ1) is 16.8. The van der Waals surface area contributed by atoms with Gasteiger partial charge in [-0.2, -0.15) is 0 Å². The second-order valence-corrected chi connectivity index (χ2v) is 8.34. The number of hydrogen-bond acceptors (Lipinski definition) is 6. The summed E-state index contributed by atoms with van der Waals surface area (Å²) in [6, 6.07) is 4.11. The molecule has 7 heteroatoms. The Hall–Kier alpha value is -1.60. The number of amides is 1. The Morgan fingerprint density at radius 3 is 3.16 bits per heavy atom. The molecule has 0 aromatic carbocycles. The summed E-state index contributed by atoms with van der Waals surface area (Å²) in [4.78, 5) is 27.6. The Kier molecular flexibility index (Phi) is 4.94. The lowest BCUT2D eigenvalue weighted by Crippen LogP contribution is -2.46. The Balaban J connectivity index is 1.45. The molecule has 2 aromatic heterocycles. The van der Waals surface area contributed by atoms with Crippen molar-refractivity contribution in [1.29, 1.82) is 0 Å². The van der Waals surface area contributed by atoms with Gasteiger partial charge >= 0.3 is 0 Å². The zero-order valence-electron chi connectivity index (χ0n) is 14.4. The van der Waals surface area contributed by atoms with E-state index in [9.17, 15) is 4.79 Å². The molecule has 1 saturated heterocycles. The highest BCUT2D eigenvalue weighted by Crippen LogP contribution is 2.28. The first-order valence-corrected chi connectivity index (χ1v) is 10.8. The van der Waals surface area contributed by atoms with Crippen LogP contribution < -0.4 is 4.90 Å². The maximum Gasteiger partial charge on any atom is 0.227 e. The van der Waals surface area contributed by atoms with Crippen LogP contribution >= 0.6 is 23.1 Å². The number of rotatable bonds is 3. The van der Waals surface area contributed by atoms with Crippen LogP contribution in [0.5, 0.6) is 0 Å². The van der Waals surface area contributed by atoms with Crippen LogP contribution in [0.1, 0.15) is 23.3 Å². The number of piperidine rings is 1. The summed E-state index contributed by atoms with van der Waals surface area (Å²) in [7, 11) is 0. The number of hydrogen-bond donors (Lipinski definition) is 0. The van der Waals surface area contributed by atoms with Gasteiger partial charge in [0.15, 0.2) is 5.16 Å². The highest BCUT2D eigenvalue weighted by Gasteiger charge is 2.31. The first-order chi connectivity index (χ1) is 12.2. The van der Waals surface area contributed by atoms with E-state index in [0.717, 1.165) is 56.4 Å². The molecule has 1 fully saturated rings. The number of nitrogens with zero attached hydrogens (tertiary/aromatic N) is 4. The van der Waals surface area contributed by atoms with Crippen molar-refractivity contribution in [3.05, 3.63) is 34.2 Å². The molecule has 0 spiro atoms. The molecular formula is C18H22N4OS2. The molecule has 132 valence electrons. The molecular weight excluding hydrogens is 352 g/mol. The highest BCUT2D eigenvalue weighted by atomic mass is 32.2. The van der Waals surface area contributed by atoms with E-state index in [1.165, 1.54) is 10.4 Å². The van der Waals surface area contributed by atoms with Crippen LogP contribution in [0, 0.1) is 5.92 Å². The number of carbonyl (C=O) groups is 1. The topological polar surface area (TPSA) is 49.3 Å². The summed E-state index contributed by atoms with van der Waals surface area (Å²) in [5, 5.41) is 2.92. The van der Waals surface area contributed by atoms with E-state index >= 15 is 0 Å². The minimum absolute atomic E-state index is 0.0710. The van der Waals surface area contributed by atoms with Crippen LogP contribution in [-0.2, 0) is 17.8 Å². The molecule has 25 heavy (non-hydrogen) atoms. The fourth-order valence-corrected chi connectivity index (χ4v) is 4.93. The van der Waals surface area contributed by atoms with Crippen LogP contribution in [0.3, 0.4) is 0 Å². The standard InChI is InChI=1S/C18H22N4OS2/c1-24-18-19-7-4-16(20-18)21-8-2-3-14(12-21)17(23)22-9-5-15-13(11-22)6-10-25-15/h4,6-7,10,14H,2-3,5,8-9,11-12H2,1H3. The summed E-state index contributed by atoms with van der Waals surface area (Å²) in [6.07, 6.45) is 6.80. The number of thiophene rings is 1. The Morgan fingerprint density at radius 1 is 1.36 bits per heavy atom. The highest BCUT2D eigenvalue weighted by molar-refractivity contribution is 7.98. The number of anilines is 1. The van der Waals surface area contributed by atoms with Gasteiger partial charge in [0.25, 0.3) is 0 Å². The summed E-state index contributed by atoms with van der Waals surface area (Å²) in [5.41, 5.74) is 1.33. The minimum Gasteiger partial charge on any atom is -0.356 e. The number of carbonyl (C=O) groups excluding carboxylic acids is 1. The molecule has 0 aliphatic carbocycles. The van der Waals surface area contributed by atoms with Crippen LogP contribution in [0.4, 0.5) is 5.82 Å². The van der Waals surface area contributed by atoms with Crippen molar-refractivity contribution in [3.8, 4) is 0 Å². The average Bonchev–Trinajstić information content (AvgIpc) is 3.15. The third-order valence-corrected chi connectivity index (χ3v) is 6.60. The van der Waals surface area contributed by atoms with Crippen molar-refractivity contribution >= 4 is 34.8 Å². The fraction of sp³-hybridized carbons (Fsp3) is 0.500. The van der Waals surface area contributed by atoms with E-state index in [4.69, 9.17) is 0 Å². The predicted molar refractivity (Wildman–Crippen MR) is 102 cm³/mol. The zero-order chi connectivity index (χ0) is 17.2. The van der Waals surface area contributed by atoms with Crippen molar-refractivity contribution in [2.24, 2.45) is 5.92 Å². The molecule has 5 nitrogen and oxygen atoms in total. The van der Waals surface area contributed by atoms with Gasteiger partial charge in [0.05, 0.1) is 5.92 Å². The maximum atomic E-state index is 13.1. The average molecular weight is 375 g/mol. The monoisotopic (exact) mass is 374 g/mol. The van der Waals surface area contributed by atoms with E-state index < -0.39 is 0 Å². The smallest absolute Gasteiger partial charge is 0.227 e. The lowest BCUT2D eigenvalue weighted by atomic mass is 9.95. The van der Waals surface area contributed by atoms with Gasteiger partial charge < -0.3 is 9.80 Å². The van der Waals surface area contributed by atoms with Crippen LogP contribution in [0.25, 0.3) is 0 Å². The van der Waals surface area contributed by atoms with Gasteiger partial charge in [-0.15, -0.1) is 11.3 Å². The predicted octanol–water partition coefficient (Wildman–Crippen LogP) is 3.06. The van der Waals surface area contributed by atoms with E-state index in [2.05, 4.69) is 31.2 Å². The maximum absolute atomic E-state index is 13.1. The normalized spacial score (nSPS) is 20.4. The fourth-order valence-electron chi connectivity index (χ4n) is 3.69. The van der Waals surface area contributed by atoms with E-state index in [1.807, 2.05) is 29.9 Å². The molecule has 1 amide bonds. The van der Waals surface area contributed by atoms with Crippen molar-refractivity contribution < 1.29 is 4.79 Å². The van der Waals surface area contributed by atoms with Crippen LogP contribution in [0.2, 0.25) is 0 Å². The Bertz CT molecular complexity index is 763. The van der Waals surface area contributed by atoms with Crippen LogP contribution in [-0.4, -0.2) is 46.7 Å². The van der Waals surface area contributed by atoms with Crippen molar-refractivity contribution in [3.63, 3.8) is 0 Å². The molecule has 2 aliphatic rings. The Morgan fingerprint density at radius 2 is 2.28 bits per heavy atom. The molecule has 4 rings (SSSR count). The molecule has 4 heterocycles. The van der Waals surface area contributed by atoms with Gasteiger partial charge in [0.2, 0.25) is 5.91 Å². The van der Waals surface area contributed by atoms with Crippen molar-refractivity contribution in [1.82, 2.24) is 14.9 Å². The van der Waals surface area contributed by atoms with Gasteiger partial charge in [-0.1, -0.05) is 11.8 Å². The minimum atomic E-state index is 0.0710. The second-order valence-electron chi connectivity index (χ2n) is 6.57. The number of fused-ring (bicyclic) bond motifs is 1. The van der Waals surface area contributed by atoms with Gasteiger partial charge in [-0.25, -0.2) is 9.97 Å². The van der Waals surface area contributed by atoms with Gasteiger partial charge in [0, 0.05) is 37.3 Å². The van der Waals surface area contributed by atoms with E-state index in [-0.39, 0.29) is 5.92 Å². The van der Waals surface area contributed by atoms with Gasteiger partial charge in [-0.05, 0) is 48.6 Å². The lowest BCUT2D eigenvalue weighted by Gasteiger charge is -2.36. The van der Waals surface area contributed by atoms with Gasteiger partial charge in [0.1, 0.15) is 5.82 Å². The van der Waals surface area contributed by atoms with E-state index in [0.29, 0.717) is 5.91 Å². The first-order valence-electron chi connectivity index (χ1n) is 8.70. The van der Waals surface area contributed by atoms with Crippen molar-refractivity contribution in [2.75, 3.05) is 30.8 Å². The zero-order valence-corrected chi connectivity index (χ0v) is 16.0. The molecule has 1 atom stereocenters. The van der Waals surface area contributed by atoms with Crippen LogP contribution in [0.15, 0.2) is 28.9 Å². The lowest BCUT2D eigenvalue weighted by molar-refractivity contribution is -0.136. The molecule has 0 N–H and O–H groups in total. The SMILES string of the molecule is CSc1nccc(N2CCCC(C(=O)N3CCc4sccc4C3)C2)n1. The second kappa shape index (κ2) is 7.33. The molecule has 0 bridgehead atoms. The Labute approximate surface area is 156 Å². The quantitative estimate of drug-likeness (QED) is 0.610. The van der Waals surface area contributed by atoms with Crippen molar-refractivity contribution in [2.45, 2.75) is 31.0 Å². The molecule has 1 unspecified atom stereocenters. The summed E-state index contributed by atoms with van der Waals surface area (Å²) < 4.78 is 0. The third kappa shape index (κ3) is 3.53. The van der Waals surface area contributed by atoms with E-state index in [1.54, 1.807) is 11.8 Å². The summed E-state index contributed by atoms with van der Waals surface area (Å²) >= 11 is 3.36.